The summed E-state index contributed by atoms with van der Waals surface area (Å²) in [5, 5.41) is 0. The minimum absolute atomic E-state index is 0.280. The van der Waals surface area contributed by atoms with E-state index in [2.05, 4.69) is 25.1 Å². The Morgan fingerprint density at radius 2 is 2.00 bits per heavy atom. The predicted molar refractivity (Wildman–Crippen MR) is 58.2 cm³/mol. The molecule has 0 bridgehead atoms. The number of benzene rings is 1. The number of ether oxygens (including phenoxy) is 2. The molecule has 1 atom stereocenters. The van der Waals surface area contributed by atoms with E-state index in [-0.39, 0.29) is 6.10 Å². The normalized spacial score (nSPS) is 24.7. The van der Waals surface area contributed by atoms with Crippen molar-refractivity contribution in [2.45, 2.75) is 25.9 Å². The van der Waals surface area contributed by atoms with Crippen LogP contribution in [-0.4, -0.2) is 19.3 Å². The van der Waals surface area contributed by atoms with E-state index in [1.54, 1.807) is 0 Å². The van der Waals surface area contributed by atoms with Crippen molar-refractivity contribution in [3.63, 3.8) is 0 Å². The van der Waals surface area contributed by atoms with Gasteiger partial charge in [-0.15, -0.1) is 0 Å². The quantitative estimate of drug-likeness (QED) is 0.735. The smallest absolute Gasteiger partial charge is 0.145 e. The van der Waals surface area contributed by atoms with Crippen molar-refractivity contribution < 1.29 is 9.47 Å². The number of rotatable bonds is 2. The Morgan fingerprint density at radius 1 is 1.20 bits per heavy atom. The van der Waals surface area contributed by atoms with Crippen LogP contribution in [0.2, 0.25) is 0 Å². The second kappa shape index (κ2) is 3.53. The first-order chi connectivity index (χ1) is 7.31. The Morgan fingerprint density at radius 3 is 2.73 bits per heavy atom. The molecular formula is C13H16O2. The first-order valence-electron chi connectivity index (χ1n) is 5.67. The zero-order valence-corrected chi connectivity index (χ0v) is 9.03. The third kappa shape index (κ3) is 1.74. The summed E-state index contributed by atoms with van der Waals surface area (Å²) in [6.45, 7) is 3.79. The predicted octanol–water partition coefficient (Wildman–Crippen LogP) is 2.20. The molecule has 1 saturated heterocycles. The van der Waals surface area contributed by atoms with Gasteiger partial charge in [0.1, 0.15) is 11.9 Å². The first-order valence-corrected chi connectivity index (χ1v) is 5.67. The lowest BCUT2D eigenvalue weighted by molar-refractivity contribution is -0.0797. The van der Waals surface area contributed by atoms with Crippen LogP contribution in [-0.2, 0) is 17.6 Å². The molecule has 0 radical (unpaired) electrons. The zero-order valence-electron chi connectivity index (χ0n) is 9.03. The summed E-state index contributed by atoms with van der Waals surface area (Å²) in [5.41, 5.74) is 2.97. The number of hydrogen-bond acceptors (Lipinski definition) is 2. The van der Waals surface area contributed by atoms with E-state index in [1.807, 2.05) is 0 Å². The largest absolute Gasteiger partial charge is 0.486 e. The Labute approximate surface area is 90.2 Å². The lowest BCUT2D eigenvalue weighted by Crippen LogP contribution is -2.38. The van der Waals surface area contributed by atoms with Crippen LogP contribution < -0.4 is 4.74 Å². The van der Waals surface area contributed by atoms with E-state index >= 15 is 0 Å². The fourth-order valence-electron chi connectivity index (χ4n) is 2.36. The summed E-state index contributed by atoms with van der Waals surface area (Å²) in [6, 6.07) is 6.51. The number of fused-ring (bicyclic) bond motifs is 1. The molecule has 1 unspecified atom stereocenters. The zero-order chi connectivity index (χ0) is 10.3. The second-order valence-corrected chi connectivity index (χ2v) is 4.72. The molecule has 1 aromatic carbocycles. The summed E-state index contributed by atoms with van der Waals surface area (Å²) >= 11 is 0. The van der Waals surface area contributed by atoms with Gasteiger partial charge in [0, 0.05) is 0 Å². The van der Waals surface area contributed by atoms with Gasteiger partial charge in [-0.25, -0.2) is 0 Å². The van der Waals surface area contributed by atoms with E-state index < -0.39 is 0 Å². The fourth-order valence-corrected chi connectivity index (χ4v) is 2.36. The number of hydrogen-bond donors (Lipinski definition) is 0. The van der Waals surface area contributed by atoms with Crippen LogP contribution in [0, 0.1) is 5.92 Å². The van der Waals surface area contributed by atoms with E-state index in [0.29, 0.717) is 0 Å². The van der Waals surface area contributed by atoms with Gasteiger partial charge in [0.25, 0.3) is 0 Å². The monoisotopic (exact) mass is 204 g/mol. The van der Waals surface area contributed by atoms with Crippen LogP contribution >= 0.6 is 0 Å². The maximum atomic E-state index is 5.79. The first kappa shape index (κ1) is 9.22. The molecule has 1 aliphatic heterocycles. The maximum Gasteiger partial charge on any atom is 0.145 e. The SMILES string of the molecule is CC1Cc2ccc(OC3COC3)cc2C1. The van der Waals surface area contributed by atoms with Gasteiger partial charge in [0.15, 0.2) is 0 Å². The maximum absolute atomic E-state index is 5.79. The molecule has 0 amide bonds. The van der Waals surface area contributed by atoms with E-state index in [4.69, 9.17) is 9.47 Å². The molecule has 1 aromatic rings. The van der Waals surface area contributed by atoms with Crippen molar-refractivity contribution in [3.05, 3.63) is 29.3 Å². The molecule has 0 N–H and O–H groups in total. The highest BCUT2D eigenvalue weighted by atomic mass is 16.6. The molecule has 1 fully saturated rings. The highest BCUT2D eigenvalue weighted by Crippen LogP contribution is 2.30. The van der Waals surface area contributed by atoms with E-state index in [9.17, 15) is 0 Å². The molecule has 2 aliphatic rings. The second-order valence-electron chi connectivity index (χ2n) is 4.72. The molecule has 2 heteroatoms. The van der Waals surface area contributed by atoms with Gasteiger partial charge >= 0.3 is 0 Å². The molecule has 80 valence electrons. The summed E-state index contributed by atoms with van der Waals surface area (Å²) in [4.78, 5) is 0. The van der Waals surface area contributed by atoms with Gasteiger partial charge in [-0.2, -0.15) is 0 Å². The van der Waals surface area contributed by atoms with Crippen molar-refractivity contribution in [3.8, 4) is 5.75 Å². The standard InChI is InChI=1S/C13H16O2/c1-9-4-10-2-3-12(6-11(10)5-9)15-13-7-14-8-13/h2-3,6,9,13H,4-5,7-8H2,1H3. The highest BCUT2D eigenvalue weighted by molar-refractivity contribution is 5.39. The van der Waals surface area contributed by atoms with Crippen molar-refractivity contribution in [1.29, 1.82) is 0 Å². The summed E-state index contributed by atoms with van der Waals surface area (Å²) in [6.07, 6.45) is 2.71. The Balaban J connectivity index is 1.77. The van der Waals surface area contributed by atoms with Gasteiger partial charge in [0.05, 0.1) is 13.2 Å². The Kier molecular flexibility index (Phi) is 2.17. The molecule has 3 rings (SSSR count). The van der Waals surface area contributed by atoms with Crippen molar-refractivity contribution in [2.24, 2.45) is 5.92 Å². The molecule has 0 saturated carbocycles. The van der Waals surface area contributed by atoms with Crippen molar-refractivity contribution in [2.75, 3.05) is 13.2 Å². The third-order valence-electron chi connectivity index (χ3n) is 3.22. The van der Waals surface area contributed by atoms with Crippen molar-refractivity contribution >= 4 is 0 Å². The minimum atomic E-state index is 0.280. The molecule has 0 spiro atoms. The van der Waals surface area contributed by atoms with Crippen LogP contribution in [0.25, 0.3) is 0 Å². The van der Waals surface area contributed by atoms with Crippen LogP contribution in [0.3, 0.4) is 0 Å². The fraction of sp³-hybridized carbons (Fsp3) is 0.538. The van der Waals surface area contributed by atoms with Gasteiger partial charge in [-0.1, -0.05) is 13.0 Å². The van der Waals surface area contributed by atoms with E-state index in [1.165, 1.54) is 24.0 Å². The Bertz CT molecular complexity index is 369. The summed E-state index contributed by atoms with van der Waals surface area (Å²) < 4.78 is 10.9. The highest BCUT2D eigenvalue weighted by Gasteiger charge is 2.22. The molecule has 1 heterocycles. The van der Waals surface area contributed by atoms with Crippen molar-refractivity contribution in [1.82, 2.24) is 0 Å². The average Bonchev–Trinajstić information content (AvgIpc) is 2.50. The van der Waals surface area contributed by atoms with E-state index in [0.717, 1.165) is 24.9 Å². The van der Waals surface area contributed by atoms with Gasteiger partial charge < -0.3 is 9.47 Å². The van der Waals surface area contributed by atoms with Crippen LogP contribution in [0.15, 0.2) is 18.2 Å². The van der Waals surface area contributed by atoms with Crippen LogP contribution in [0.1, 0.15) is 18.1 Å². The summed E-state index contributed by atoms with van der Waals surface area (Å²) in [5.74, 6) is 1.80. The topological polar surface area (TPSA) is 18.5 Å². The third-order valence-corrected chi connectivity index (χ3v) is 3.22. The molecular weight excluding hydrogens is 188 g/mol. The van der Waals surface area contributed by atoms with Gasteiger partial charge in [-0.05, 0) is 42.0 Å². The van der Waals surface area contributed by atoms with Crippen LogP contribution in [0.5, 0.6) is 5.75 Å². The molecule has 2 nitrogen and oxygen atoms in total. The Hall–Kier alpha value is -1.02. The summed E-state index contributed by atoms with van der Waals surface area (Å²) in [7, 11) is 0. The lowest BCUT2D eigenvalue weighted by Gasteiger charge is -2.26. The minimum Gasteiger partial charge on any atom is -0.486 e. The molecule has 1 aliphatic carbocycles. The average molecular weight is 204 g/mol. The molecule has 15 heavy (non-hydrogen) atoms. The van der Waals surface area contributed by atoms with Crippen LogP contribution in [0.4, 0.5) is 0 Å². The lowest BCUT2D eigenvalue weighted by atomic mass is 10.1. The molecule has 0 aromatic heterocycles. The van der Waals surface area contributed by atoms with Gasteiger partial charge in [-0.3, -0.25) is 0 Å². The van der Waals surface area contributed by atoms with Gasteiger partial charge in [0.2, 0.25) is 0 Å².